The Bertz CT molecular complexity index is 399. The van der Waals surface area contributed by atoms with Gasteiger partial charge in [0.05, 0.1) is 12.7 Å². The van der Waals surface area contributed by atoms with Gasteiger partial charge >= 0.3 is 0 Å². The van der Waals surface area contributed by atoms with Crippen molar-refractivity contribution in [3.8, 4) is 0 Å². The van der Waals surface area contributed by atoms with Crippen molar-refractivity contribution in [1.29, 1.82) is 0 Å². The van der Waals surface area contributed by atoms with E-state index in [-0.39, 0.29) is 0 Å². The van der Waals surface area contributed by atoms with Gasteiger partial charge in [0.25, 0.3) is 0 Å². The Kier molecular flexibility index (Phi) is 2.40. The molecule has 2 aromatic heterocycles. The van der Waals surface area contributed by atoms with Gasteiger partial charge in [0, 0.05) is 18.0 Å². The highest BCUT2D eigenvalue weighted by Gasteiger charge is 1.98. The Balaban J connectivity index is 1.98. The molecule has 0 atom stereocenters. The molecule has 0 amide bonds. The second kappa shape index (κ2) is 3.87. The van der Waals surface area contributed by atoms with Crippen molar-refractivity contribution in [1.82, 2.24) is 15.1 Å². The van der Waals surface area contributed by atoms with E-state index < -0.39 is 0 Å². The number of aryl methyl sites for hydroxylation is 1. The van der Waals surface area contributed by atoms with Crippen LogP contribution in [-0.4, -0.2) is 15.1 Å². The van der Waals surface area contributed by atoms with Gasteiger partial charge in [-0.15, -0.1) is 0 Å². The largest absolute Gasteiger partial charge is 0.360 e. The van der Waals surface area contributed by atoms with Gasteiger partial charge in [-0.3, -0.25) is 0 Å². The van der Waals surface area contributed by atoms with Crippen LogP contribution in [0.5, 0.6) is 0 Å². The quantitative estimate of drug-likeness (QED) is 0.792. The van der Waals surface area contributed by atoms with Gasteiger partial charge in [-0.25, -0.2) is 9.97 Å². The van der Waals surface area contributed by atoms with E-state index in [1.807, 2.05) is 13.0 Å². The monoisotopic (exact) mass is 190 g/mol. The van der Waals surface area contributed by atoms with Crippen molar-refractivity contribution in [3.05, 3.63) is 36.0 Å². The van der Waals surface area contributed by atoms with Crippen LogP contribution in [0, 0.1) is 6.92 Å². The highest BCUT2D eigenvalue weighted by Crippen LogP contribution is 2.02. The highest BCUT2D eigenvalue weighted by molar-refractivity contribution is 5.25. The second-order valence-electron chi connectivity index (χ2n) is 2.85. The Hall–Kier alpha value is -1.91. The van der Waals surface area contributed by atoms with Gasteiger partial charge in [-0.2, -0.15) is 0 Å². The molecular weight excluding hydrogens is 180 g/mol. The number of hydrogen-bond acceptors (Lipinski definition) is 5. The third kappa shape index (κ3) is 2.07. The SMILES string of the molecule is Cc1ccnc(NCc2ccno2)n1. The lowest BCUT2D eigenvalue weighted by Gasteiger charge is -2.01. The molecule has 5 nitrogen and oxygen atoms in total. The van der Waals surface area contributed by atoms with E-state index in [1.165, 1.54) is 0 Å². The molecule has 1 N–H and O–H groups in total. The number of hydrogen-bond donors (Lipinski definition) is 1. The van der Waals surface area contributed by atoms with E-state index in [1.54, 1.807) is 18.5 Å². The Morgan fingerprint density at radius 3 is 3.00 bits per heavy atom. The maximum atomic E-state index is 4.92. The van der Waals surface area contributed by atoms with Crippen LogP contribution in [0.4, 0.5) is 5.95 Å². The van der Waals surface area contributed by atoms with E-state index in [9.17, 15) is 0 Å². The fourth-order valence-electron chi connectivity index (χ4n) is 1.03. The first-order chi connectivity index (χ1) is 6.84. The lowest BCUT2D eigenvalue weighted by atomic mass is 10.4. The summed E-state index contributed by atoms with van der Waals surface area (Å²) >= 11 is 0. The molecule has 2 rings (SSSR count). The van der Waals surface area contributed by atoms with E-state index >= 15 is 0 Å². The number of nitrogens with one attached hydrogen (secondary N) is 1. The third-order valence-corrected chi connectivity index (χ3v) is 1.71. The topological polar surface area (TPSA) is 63.8 Å². The molecule has 0 aromatic carbocycles. The van der Waals surface area contributed by atoms with E-state index in [0.717, 1.165) is 11.5 Å². The lowest BCUT2D eigenvalue weighted by Crippen LogP contribution is -2.02. The van der Waals surface area contributed by atoms with Crippen molar-refractivity contribution < 1.29 is 4.52 Å². The summed E-state index contributed by atoms with van der Waals surface area (Å²) in [4.78, 5) is 8.24. The van der Waals surface area contributed by atoms with Crippen molar-refractivity contribution >= 4 is 5.95 Å². The molecular formula is C9H10N4O. The van der Waals surface area contributed by atoms with Crippen LogP contribution in [0.15, 0.2) is 29.0 Å². The van der Waals surface area contributed by atoms with Crippen LogP contribution in [0.3, 0.4) is 0 Å². The Morgan fingerprint density at radius 1 is 1.36 bits per heavy atom. The summed E-state index contributed by atoms with van der Waals surface area (Å²) in [6.45, 7) is 2.46. The van der Waals surface area contributed by atoms with Gasteiger partial charge in [-0.1, -0.05) is 5.16 Å². The number of anilines is 1. The van der Waals surface area contributed by atoms with Gasteiger partial charge < -0.3 is 9.84 Å². The van der Waals surface area contributed by atoms with Crippen LogP contribution < -0.4 is 5.32 Å². The normalized spacial score (nSPS) is 10.1. The van der Waals surface area contributed by atoms with Crippen molar-refractivity contribution in [2.45, 2.75) is 13.5 Å². The zero-order valence-electron chi connectivity index (χ0n) is 7.77. The molecule has 0 unspecified atom stereocenters. The first-order valence-electron chi connectivity index (χ1n) is 4.28. The van der Waals surface area contributed by atoms with E-state index in [2.05, 4.69) is 20.4 Å². The molecule has 0 aliphatic carbocycles. The summed E-state index contributed by atoms with van der Waals surface area (Å²) in [7, 11) is 0. The lowest BCUT2D eigenvalue weighted by molar-refractivity contribution is 0.388. The molecule has 0 fully saturated rings. The van der Waals surface area contributed by atoms with Crippen LogP contribution in [0.1, 0.15) is 11.5 Å². The van der Waals surface area contributed by atoms with Gasteiger partial charge in [-0.05, 0) is 13.0 Å². The fourth-order valence-corrected chi connectivity index (χ4v) is 1.03. The number of nitrogens with zero attached hydrogens (tertiary/aromatic N) is 3. The van der Waals surface area contributed by atoms with Crippen molar-refractivity contribution in [2.24, 2.45) is 0 Å². The minimum absolute atomic E-state index is 0.545. The average Bonchev–Trinajstić information content (AvgIpc) is 2.67. The van der Waals surface area contributed by atoms with E-state index in [4.69, 9.17) is 4.52 Å². The molecule has 2 heterocycles. The summed E-state index contributed by atoms with van der Waals surface area (Å²) < 4.78 is 4.92. The average molecular weight is 190 g/mol. The molecule has 72 valence electrons. The summed E-state index contributed by atoms with van der Waals surface area (Å²) in [5.74, 6) is 1.36. The smallest absolute Gasteiger partial charge is 0.223 e. The summed E-state index contributed by atoms with van der Waals surface area (Å²) in [5.41, 5.74) is 0.931. The molecule has 0 spiro atoms. The summed E-state index contributed by atoms with van der Waals surface area (Å²) in [5, 5.41) is 6.63. The van der Waals surface area contributed by atoms with Gasteiger partial charge in [0.15, 0.2) is 5.76 Å². The second-order valence-corrected chi connectivity index (χ2v) is 2.85. The standard InChI is InChI=1S/C9H10N4O/c1-7-2-4-10-9(13-7)11-6-8-3-5-12-14-8/h2-5H,6H2,1H3,(H,10,11,13). The molecule has 0 saturated carbocycles. The molecule has 5 heteroatoms. The maximum absolute atomic E-state index is 4.92. The van der Waals surface area contributed by atoms with Crippen LogP contribution >= 0.6 is 0 Å². The summed E-state index contributed by atoms with van der Waals surface area (Å²) in [6, 6.07) is 3.64. The molecule has 14 heavy (non-hydrogen) atoms. The first-order valence-corrected chi connectivity index (χ1v) is 4.28. The van der Waals surface area contributed by atoms with Crippen molar-refractivity contribution in [3.63, 3.8) is 0 Å². The van der Waals surface area contributed by atoms with Crippen LogP contribution in [0.2, 0.25) is 0 Å². The molecule has 0 bridgehead atoms. The number of rotatable bonds is 3. The fraction of sp³-hybridized carbons (Fsp3) is 0.222. The van der Waals surface area contributed by atoms with Gasteiger partial charge in [0.2, 0.25) is 5.95 Å². The molecule has 0 saturated heterocycles. The minimum atomic E-state index is 0.545. The molecule has 2 aromatic rings. The predicted molar refractivity (Wildman–Crippen MR) is 50.6 cm³/mol. The molecule has 0 aliphatic rings. The van der Waals surface area contributed by atoms with Gasteiger partial charge in [0.1, 0.15) is 0 Å². The zero-order chi connectivity index (χ0) is 9.80. The molecule has 0 radical (unpaired) electrons. The minimum Gasteiger partial charge on any atom is -0.360 e. The van der Waals surface area contributed by atoms with E-state index in [0.29, 0.717) is 12.5 Å². The Morgan fingerprint density at radius 2 is 2.29 bits per heavy atom. The first kappa shape index (κ1) is 8.68. The number of aromatic nitrogens is 3. The zero-order valence-corrected chi connectivity index (χ0v) is 7.77. The maximum Gasteiger partial charge on any atom is 0.223 e. The van der Waals surface area contributed by atoms with Crippen molar-refractivity contribution in [2.75, 3.05) is 5.32 Å². The third-order valence-electron chi connectivity index (χ3n) is 1.71. The van der Waals surface area contributed by atoms with Crippen LogP contribution in [-0.2, 0) is 6.54 Å². The van der Waals surface area contributed by atoms with Crippen LogP contribution in [0.25, 0.3) is 0 Å². The highest BCUT2D eigenvalue weighted by atomic mass is 16.5. The summed E-state index contributed by atoms with van der Waals surface area (Å²) in [6.07, 6.45) is 3.32. The molecule has 0 aliphatic heterocycles. The predicted octanol–water partition coefficient (Wildman–Crippen LogP) is 1.39. The Labute approximate surface area is 81.2 Å².